The molecule has 24 heavy (non-hydrogen) atoms. The Morgan fingerprint density at radius 3 is 3.00 bits per heavy atom. The van der Waals surface area contributed by atoms with E-state index >= 15 is 0 Å². The summed E-state index contributed by atoms with van der Waals surface area (Å²) >= 11 is 4.81. The quantitative estimate of drug-likeness (QED) is 0.750. The summed E-state index contributed by atoms with van der Waals surface area (Å²) in [5.41, 5.74) is 0.324. The van der Waals surface area contributed by atoms with Crippen molar-refractivity contribution in [1.82, 2.24) is 10.2 Å². The average Bonchev–Trinajstić information content (AvgIpc) is 3.05. The molecule has 0 aromatic heterocycles. The molecule has 1 aliphatic heterocycles. The van der Waals surface area contributed by atoms with Gasteiger partial charge in [-0.3, -0.25) is 9.59 Å². The highest BCUT2D eigenvalue weighted by Crippen LogP contribution is 2.22. The molecule has 4 nitrogen and oxygen atoms in total. The molecule has 130 valence electrons. The van der Waals surface area contributed by atoms with E-state index in [0.717, 1.165) is 10.9 Å². The number of hydrogen-bond donors (Lipinski definition) is 1. The number of carbonyl (C=O) groups excluding carboxylic acids is 2. The van der Waals surface area contributed by atoms with Crippen LogP contribution in [0, 0.1) is 5.82 Å². The fourth-order valence-corrected chi connectivity index (χ4v) is 3.76. The molecule has 0 radical (unpaired) electrons. The second kappa shape index (κ2) is 8.67. The molecule has 2 atom stereocenters. The molecule has 2 rings (SSSR count). The Hall–Kier alpha value is -1.34. The number of thioether (sulfide) groups is 1. The summed E-state index contributed by atoms with van der Waals surface area (Å²) in [5.74, 6) is 0.216. The van der Waals surface area contributed by atoms with Crippen LogP contribution in [0.25, 0.3) is 6.08 Å². The zero-order valence-electron chi connectivity index (χ0n) is 13.6. The number of halogens is 2. The largest absolute Gasteiger partial charge is 0.352 e. The van der Waals surface area contributed by atoms with Gasteiger partial charge in [0.25, 0.3) is 0 Å². The Kier molecular flexibility index (Phi) is 6.86. The first-order chi connectivity index (χ1) is 11.4. The van der Waals surface area contributed by atoms with Gasteiger partial charge >= 0.3 is 0 Å². The predicted molar refractivity (Wildman–Crippen MR) is 99.0 cm³/mol. The lowest BCUT2D eigenvalue weighted by molar-refractivity contribution is -0.135. The van der Waals surface area contributed by atoms with Crippen LogP contribution in [0.2, 0.25) is 0 Å². The number of nitrogens with one attached hydrogen (secondary N) is 1. The summed E-state index contributed by atoms with van der Waals surface area (Å²) in [6.07, 6.45) is 3.59. The van der Waals surface area contributed by atoms with E-state index in [1.165, 1.54) is 34.9 Å². The van der Waals surface area contributed by atoms with Gasteiger partial charge in [-0.1, -0.05) is 22.9 Å². The number of carbonyl (C=O) groups is 2. The van der Waals surface area contributed by atoms with Gasteiger partial charge in [0.15, 0.2) is 0 Å². The van der Waals surface area contributed by atoms with Crippen LogP contribution >= 0.6 is 27.7 Å². The number of nitrogens with zero attached hydrogens (tertiary/aromatic N) is 1. The minimum atomic E-state index is -0.478. The van der Waals surface area contributed by atoms with E-state index in [9.17, 15) is 14.0 Å². The van der Waals surface area contributed by atoms with E-state index in [1.54, 1.807) is 12.1 Å². The van der Waals surface area contributed by atoms with Gasteiger partial charge in [0.05, 0.1) is 5.88 Å². The monoisotopic (exact) mass is 414 g/mol. The SMILES string of the molecule is CCC(C)NC(=O)C1CSCN1C(=O)/C=C/c1cc(Br)ccc1F. The molecule has 1 heterocycles. The van der Waals surface area contributed by atoms with Crippen LogP contribution in [0.15, 0.2) is 28.7 Å². The van der Waals surface area contributed by atoms with Crippen LogP contribution in [0.5, 0.6) is 0 Å². The first kappa shape index (κ1) is 19.0. The Labute approximate surface area is 154 Å². The molecule has 1 fully saturated rings. The minimum Gasteiger partial charge on any atom is -0.352 e. The van der Waals surface area contributed by atoms with Crippen molar-refractivity contribution in [3.8, 4) is 0 Å². The predicted octanol–water partition coefficient (Wildman–Crippen LogP) is 3.42. The molecule has 0 aliphatic carbocycles. The van der Waals surface area contributed by atoms with Crippen molar-refractivity contribution >= 4 is 45.6 Å². The molecule has 0 saturated carbocycles. The van der Waals surface area contributed by atoms with Crippen molar-refractivity contribution in [2.75, 3.05) is 11.6 Å². The van der Waals surface area contributed by atoms with Crippen molar-refractivity contribution in [2.24, 2.45) is 0 Å². The topological polar surface area (TPSA) is 49.4 Å². The van der Waals surface area contributed by atoms with Gasteiger partial charge < -0.3 is 10.2 Å². The molecule has 1 aromatic rings. The van der Waals surface area contributed by atoms with Gasteiger partial charge in [-0.25, -0.2) is 4.39 Å². The fraction of sp³-hybridized carbons (Fsp3) is 0.412. The molecular formula is C17H20BrFN2O2S. The minimum absolute atomic E-state index is 0.0753. The molecule has 2 amide bonds. The second-order valence-corrected chi connectivity index (χ2v) is 7.56. The average molecular weight is 415 g/mol. The summed E-state index contributed by atoms with van der Waals surface area (Å²) in [6, 6.07) is 4.13. The van der Waals surface area contributed by atoms with E-state index in [0.29, 0.717) is 17.2 Å². The lowest BCUT2D eigenvalue weighted by atomic mass is 10.2. The van der Waals surface area contributed by atoms with Crippen molar-refractivity contribution in [3.63, 3.8) is 0 Å². The smallest absolute Gasteiger partial charge is 0.247 e. The van der Waals surface area contributed by atoms with E-state index in [1.807, 2.05) is 13.8 Å². The Morgan fingerprint density at radius 1 is 1.54 bits per heavy atom. The highest BCUT2D eigenvalue weighted by molar-refractivity contribution is 9.10. The first-order valence-electron chi connectivity index (χ1n) is 7.74. The first-order valence-corrected chi connectivity index (χ1v) is 9.69. The Morgan fingerprint density at radius 2 is 2.29 bits per heavy atom. The summed E-state index contributed by atoms with van der Waals surface area (Å²) < 4.78 is 14.5. The molecule has 2 unspecified atom stereocenters. The molecule has 1 saturated heterocycles. The highest BCUT2D eigenvalue weighted by Gasteiger charge is 2.33. The van der Waals surface area contributed by atoms with Crippen LogP contribution in [0.4, 0.5) is 4.39 Å². The second-order valence-electron chi connectivity index (χ2n) is 5.64. The summed E-state index contributed by atoms with van der Waals surface area (Å²) in [6.45, 7) is 3.93. The maximum Gasteiger partial charge on any atom is 0.247 e. The highest BCUT2D eigenvalue weighted by atomic mass is 79.9. The van der Waals surface area contributed by atoms with Crippen molar-refractivity contribution in [2.45, 2.75) is 32.4 Å². The summed E-state index contributed by atoms with van der Waals surface area (Å²) in [5, 5.41) is 2.91. The fourth-order valence-electron chi connectivity index (χ4n) is 2.22. The van der Waals surface area contributed by atoms with Crippen molar-refractivity contribution in [1.29, 1.82) is 0 Å². The molecule has 1 N–H and O–H groups in total. The zero-order chi connectivity index (χ0) is 17.7. The van der Waals surface area contributed by atoms with Gasteiger partial charge in [-0.05, 0) is 37.6 Å². The molecule has 0 spiro atoms. The van der Waals surface area contributed by atoms with Gasteiger partial charge in [0.1, 0.15) is 11.9 Å². The van der Waals surface area contributed by atoms with Crippen LogP contribution in [-0.4, -0.2) is 40.4 Å². The normalized spacial score (nSPS) is 18.8. The Balaban J connectivity index is 2.06. The molecule has 0 bridgehead atoms. The van der Waals surface area contributed by atoms with Gasteiger partial charge in [-0.15, -0.1) is 11.8 Å². The maximum absolute atomic E-state index is 13.7. The van der Waals surface area contributed by atoms with Crippen molar-refractivity contribution in [3.05, 3.63) is 40.1 Å². The van der Waals surface area contributed by atoms with E-state index < -0.39 is 11.9 Å². The molecule has 7 heteroatoms. The van der Waals surface area contributed by atoms with E-state index in [-0.39, 0.29) is 17.9 Å². The maximum atomic E-state index is 13.7. The number of amides is 2. The number of hydrogen-bond acceptors (Lipinski definition) is 3. The summed E-state index contributed by atoms with van der Waals surface area (Å²) in [4.78, 5) is 26.2. The van der Waals surface area contributed by atoms with Gasteiger partial charge in [0, 0.05) is 27.9 Å². The summed E-state index contributed by atoms with van der Waals surface area (Å²) in [7, 11) is 0. The van der Waals surface area contributed by atoms with E-state index in [2.05, 4.69) is 21.2 Å². The lowest BCUT2D eigenvalue weighted by Gasteiger charge is -2.23. The van der Waals surface area contributed by atoms with Crippen LogP contribution in [-0.2, 0) is 9.59 Å². The standard InChI is InChI=1S/C17H20BrFN2O2S/c1-3-11(2)20-17(23)15-9-24-10-21(15)16(22)7-4-12-8-13(18)5-6-14(12)19/h4-8,11,15H,3,9-10H2,1-2H3,(H,20,23)/b7-4+. The third-order valence-corrected chi connectivity index (χ3v) is 5.34. The zero-order valence-corrected chi connectivity index (χ0v) is 16.0. The van der Waals surface area contributed by atoms with Crippen LogP contribution in [0.1, 0.15) is 25.8 Å². The lowest BCUT2D eigenvalue weighted by Crippen LogP contribution is -2.48. The third kappa shape index (κ3) is 4.83. The molecular weight excluding hydrogens is 395 g/mol. The van der Waals surface area contributed by atoms with Gasteiger partial charge in [-0.2, -0.15) is 0 Å². The molecule has 1 aromatic carbocycles. The number of benzene rings is 1. The van der Waals surface area contributed by atoms with Crippen molar-refractivity contribution < 1.29 is 14.0 Å². The Bertz CT molecular complexity index is 653. The number of rotatable bonds is 5. The molecule has 1 aliphatic rings. The van der Waals surface area contributed by atoms with Crippen LogP contribution in [0.3, 0.4) is 0 Å². The van der Waals surface area contributed by atoms with E-state index in [4.69, 9.17) is 0 Å². The van der Waals surface area contributed by atoms with Crippen LogP contribution < -0.4 is 5.32 Å². The van der Waals surface area contributed by atoms with Gasteiger partial charge in [0.2, 0.25) is 11.8 Å². The third-order valence-electron chi connectivity index (χ3n) is 3.83.